The molecule has 0 radical (unpaired) electrons. The SMILES string of the molecule is CN1CCN(CCCCNC(=O)C2CCN(S(=O)(=O)c3cc(Cl)ccc3Cl)CC2)CC1. The van der Waals surface area contributed by atoms with Crippen molar-refractivity contribution in [2.75, 3.05) is 59.4 Å². The molecule has 3 rings (SSSR count). The summed E-state index contributed by atoms with van der Waals surface area (Å²) in [7, 11) is -1.57. The number of sulfonamides is 1. The van der Waals surface area contributed by atoms with Gasteiger partial charge in [0.1, 0.15) is 4.90 Å². The summed E-state index contributed by atoms with van der Waals surface area (Å²) < 4.78 is 27.2. The van der Waals surface area contributed by atoms with Crippen LogP contribution in [0.4, 0.5) is 0 Å². The lowest BCUT2D eigenvalue weighted by Crippen LogP contribution is -2.45. The highest BCUT2D eigenvalue weighted by Gasteiger charge is 2.33. The van der Waals surface area contributed by atoms with Gasteiger partial charge in [0, 0.05) is 56.8 Å². The number of piperidine rings is 1. The van der Waals surface area contributed by atoms with Crippen molar-refractivity contribution in [2.45, 2.75) is 30.6 Å². The highest BCUT2D eigenvalue weighted by atomic mass is 35.5. The minimum absolute atomic E-state index is 0.0184. The largest absolute Gasteiger partial charge is 0.356 e. The Balaban J connectivity index is 1.38. The number of benzene rings is 1. The molecule has 0 atom stereocenters. The van der Waals surface area contributed by atoms with Crippen LogP contribution < -0.4 is 5.32 Å². The van der Waals surface area contributed by atoms with Gasteiger partial charge in [-0.25, -0.2) is 8.42 Å². The van der Waals surface area contributed by atoms with Crippen molar-refractivity contribution in [3.8, 4) is 0 Å². The normalized spacial score (nSPS) is 20.1. The standard InChI is InChI=1S/C21H32Cl2N4O3S/c1-25-12-14-26(15-13-25)9-3-2-8-24-21(28)17-6-10-27(11-7-17)31(29,30)20-16-18(22)4-5-19(20)23/h4-5,16-17H,2-3,6-15H2,1H3,(H,24,28). The molecular formula is C21H32Cl2N4O3S. The molecule has 2 fully saturated rings. The van der Waals surface area contributed by atoms with Gasteiger partial charge in [-0.05, 0) is 57.5 Å². The molecule has 0 saturated carbocycles. The number of nitrogens with one attached hydrogen (secondary N) is 1. The molecule has 0 aliphatic carbocycles. The smallest absolute Gasteiger partial charge is 0.244 e. The molecule has 2 aliphatic rings. The van der Waals surface area contributed by atoms with Crippen LogP contribution in [0.5, 0.6) is 0 Å². The molecule has 2 heterocycles. The summed E-state index contributed by atoms with van der Waals surface area (Å²) in [6, 6.07) is 4.42. The zero-order chi connectivity index (χ0) is 22.4. The lowest BCUT2D eigenvalue weighted by atomic mass is 9.97. The van der Waals surface area contributed by atoms with E-state index in [1.54, 1.807) is 6.07 Å². The number of piperazine rings is 1. The highest BCUT2D eigenvalue weighted by molar-refractivity contribution is 7.89. The van der Waals surface area contributed by atoms with Crippen LogP contribution in [0.15, 0.2) is 23.1 Å². The van der Waals surface area contributed by atoms with Gasteiger partial charge in [-0.2, -0.15) is 4.31 Å². The molecule has 7 nitrogen and oxygen atoms in total. The molecule has 0 bridgehead atoms. The molecule has 0 spiro atoms. The molecule has 0 unspecified atom stereocenters. The number of carbonyl (C=O) groups is 1. The average Bonchev–Trinajstić information content (AvgIpc) is 2.76. The molecule has 0 aromatic heterocycles. The Morgan fingerprint density at radius 1 is 1.06 bits per heavy atom. The van der Waals surface area contributed by atoms with Crippen molar-refractivity contribution in [3.05, 3.63) is 28.2 Å². The third-order valence-corrected chi connectivity index (χ3v) is 8.75. The minimum atomic E-state index is -3.73. The predicted molar refractivity (Wildman–Crippen MR) is 124 cm³/mol. The fraction of sp³-hybridized carbons (Fsp3) is 0.667. The van der Waals surface area contributed by atoms with Crippen LogP contribution in [0.3, 0.4) is 0 Å². The fourth-order valence-corrected chi connectivity index (χ4v) is 6.27. The number of unbranched alkanes of at least 4 members (excludes halogenated alkanes) is 1. The van der Waals surface area contributed by atoms with Crippen molar-refractivity contribution in [2.24, 2.45) is 5.92 Å². The molecular weight excluding hydrogens is 459 g/mol. The van der Waals surface area contributed by atoms with Gasteiger partial charge in [0.15, 0.2) is 0 Å². The summed E-state index contributed by atoms with van der Waals surface area (Å²) in [6.07, 6.45) is 3.04. The van der Waals surface area contributed by atoms with Crippen molar-refractivity contribution >= 4 is 39.1 Å². The lowest BCUT2D eigenvalue weighted by molar-refractivity contribution is -0.126. The third-order valence-electron chi connectivity index (χ3n) is 6.13. The summed E-state index contributed by atoms with van der Waals surface area (Å²) in [5, 5.41) is 3.50. The molecule has 1 aromatic rings. The molecule has 31 heavy (non-hydrogen) atoms. The Bertz CT molecular complexity index is 852. The highest BCUT2D eigenvalue weighted by Crippen LogP contribution is 2.30. The fourth-order valence-electron chi connectivity index (χ4n) is 4.06. The molecule has 2 aliphatic heterocycles. The number of halogens is 2. The molecule has 174 valence electrons. The van der Waals surface area contributed by atoms with Gasteiger partial charge in [0.25, 0.3) is 0 Å². The van der Waals surface area contributed by atoms with Gasteiger partial charge in [0.05, 0.1) is 5.02 Å². The zero-order valence-electron chi connectivity index (χ0n) is 18.0. The first kappa shape index (κ1) is 24.7. The summed E-state index contributed by atoms with van der Waals surface area (Å²) in [4.78, 5) is 17.3. The second-order valence-corrected chi connectivity index (χ2v) is 11.1. The summed E-state index contributed by atoms with van der Waals surface area (Å²) in [5.74, 6) is -0.128. The number of rotatable bonds is 8. The first-order valence-electron chi connectivity index (χ1n) is 10.9. The van der Waals surface area contributed by atoms with Crippen LogP contribution in [0, 0.1) is 5.92 Å². The zero-order valence-corrected chi connectivity index (χ0v) is 20.4. The molecule has 1 amide bonds. The van der Waals surface area contributed by atoms with E-state index in [0.29, 0.717) is 37.5 Å². The Morgan fingerprint density at radius 2 is 1.74 bits per heavy atom. The number of amides is 1. The van der Waals surface area contributed by atoms with E-state index < -0.39 is 10.0 Å². The van der Waals surface area contributed by atoms with Gasteiger partial charge < -0.3 is 15.1 Å². The maximum atomic E-state index is 12.9. The number of hydrogen-bond acceptors (Lipinski definition) is 5. The number of nitrogens with zero attached hydrogens (tertiary/aromatic N) is 3. The Hall–Kier alpha value is -0.900. The van der Waals surface area contributed by atoms with Gasteiger partial charge in [-0.1, -0.05) is 23.2 Å². The van der Waals surface area contributed by atoms with E-state index in [4.69, 9.17) is 23.2 Å². The van der Waals surface area contributed by atoms with Crippen LogP contribution in [0.1, 0.15) is 25.7 Å². The van der Waals surface area contributed by atoms with Crippen LogP contribution >= 0.6 is 23.2 Å². The average molecular weight is 491 g/mol. The number of carbonyl (C=O) groups excluding carboxylic acids is 1. The van der Waals surface area contributed by atoms with Crippen LogP contribution in [-0.4, -0.2) is 87.8 Å². The maximum absolute atomic E-state index is 12.9. The van der Waals surface area contributed by atoms with E-state index >= 15 is 0 Å². The van der Waals surface area contributed by atoms with Crippen LogP contribution in [-0.2, 0) is 14.8 Å². The third kappa shape index (κ3) is 6.79. The van der Waals surface area contributed by atoms with Gasteiger partial charge in [-0.15, -0.1) is 0 Å². The predicted octanol–water partition coefficient (Wildman–Crippen LogP) is 2.54. The van der Waals surface area contributed by atoms with Crippen LogP contribution in [0.25, 0.3) is 0 Å². The summed E-state index contributed by atoms with van der Waals surface area (Å²) in [5.41, 5.74) is 0. The number of likely N-dealkylation sites (N-methyl/N-ethyl adjacent to an activating group) is 1. The Morgan fingerprint density at radius 3 is 2.42 bits per heavy atom. The van der Waals surface area contributed by atoms with E-state index in [1.165, 1.54) is 16.4 Å². The molecule has 2 saturated heterocycles. The monoisotopic (exact) mass is 490 g/mol. The summed E-state index contributed by atoms with van der Waals surface area (Å²) >= 11 is 12.0. The van der Waals surface area contributed by atoms with E-state index in [-0.39, 0.29) is 21.7 Å². The maximum Gasteiger partial charge on any atom is 0.244 e. The second-order valence-electron chi connectivity index (χ2n) is 8.40. The Labute approximate surface area is 195 Å². The topological polar surface area (TPSA) is 73.0 Å². The quantitative estimate of drug-likeness (QED) is 0.566. The van der Waals surface area contributed by atoms with E-state index in [9.17, 15) is 13.2 Å². The molecule has 1 aromatic carbocycles. The molecule has 1 N–H and O–H groups in total. The van der Waals surface area contributed by atoms with Gasteiger partial charge in [-0.3, -0.25) is 4.79 Å². The van der Waals surface area contributed by atoms with Crippen molar-refractivity contribution in [1.29, 1.82) is 0 Å². The molecule has 10 heteroatoms. The van der Waals surface area contributed by atoms with Gasteiger partial charge >= 0.3 is 0 Å². The number of hydrogen-bond donors (Lipinski definition) is 1. The van der Waals surface area contributed by atoms with Crippen LogP contribution in [0.2, 0.25) is 10.0 Å². The Kier molecular flexibility index (Phi) is 9.01. The van der Waals surface area contributed by atoms with E-state index in [0.717, 1.165) is 45.6 Å². The lowest BCUT2D eigenvalue weighted by Gasteiger charge is -2.32. The first-order chi connectivity index (χ1) is 14.8. The van der Waals surface area contributed by atoms with E-state index in [2.05, 4.69) is 22.2 Å². The van der Waals surface area contributed by atoms with Crippen molar-refractivity contribution < 1.29 is 13.2 Å². The second kappa shape index (κ2) is 11.3. The summed E-state index contributed by atoms with van der Waals surface area (Å²) in [6.45, 7) is 6.81. The van der Waals surface area contributed by atoms with Crippen molar-refractivity contribution in [3.63, 3.8) is 0 Å². The van der Waals surface area contributed by atoms with Crippen molar-refractivity contribution in [1.82, 2.24) is 19.4 Å². The first-order valence-corrected chi connectivity index (χ1v) is 13.1. The van der Waals surface area contributed by atoms with Gasteiger partial charge in [0.2, 0.25) is 15.9 Å². The minimum Gasteiger partial charge on any atom is -0.356 e. The van der Waals surface area contributed by atoms with E-state index in [1.807, 2.05) is 0 Å².